The maximum absolute atomic E-state index is 12.1. The van der Waals surface area contributed by atoms with E-state index in [1.165, 1.54) is 0 Å². The highest BCUT2D eigenvalue weighted by Gasteiger charge is 2.25. The molecule has 1 amide bonds. The summed E-state index contributed by atoms with van der Waals surface area (Å²) >= 11 is 0. The Bertz CT molecular complexity index is 635. The number of nitrogens with zero attached hydrogens (tertiary/aromatic N) is 2. The molecule has 0 saturated carbocycles. The Balaban J connectivity index is 2.19. The minimum atomic E-state index is -1.02. The highest BCUT2D eigenvalue weighted by molar-refractivity contribution is 5.96. The van der Waals surface area contributed by atoms with Crippen molar-refractivity contribution in [2.75, 3.05) is 0 Å². The first-order valence-corrected chi connectivity index (χ1v) is 6.48. The van der Waals surface area contributed by atoms with E-state index in [9.17, 15) is 14.7 Å². The molecule has 2 rings (SSSR count). The van der Waals surface area contributed by atoms with Crippen LogP contribution in [-0.4, -0.2) is 32.4 Å². The second-order valence-electron chi connectivity index (χ2n) is 4.82. The largest absolute Gasteiger partial charge is 0.480 e. The summed E-state index contributed by atoms with van der Waals surface area (Å²) in [5.41, 5.74) is 1.28. The van der Waals surface area contributed by atoms with Gasteiger partial charge in [0.25, 0.3) is 5.91 Å². The number of aromatic nitrogens is 2. The van der Waals surface area contributed by atoms with Crippen molar-refractivity contribution in [1.82, 2.24) is 14.7 Å². The number of pyridine rings is 1. The summed E-state index contributed by atoms with van der Waals surface area (Å²) in [7, 11) is 0. The zero-order valence-corrected chi connectivity index (χ0v) is 11.4. The van der Waals surface area contributed by atoms with Gasteiger partial charge in [-0.15, -0.1) is 0 Å². The fourth-order valence-corrected chi connectivity index (χ4v) is 1.96. The summed E-state index contributed by atoms with van der Waals surface area (Å²) in [6, 6.07) is 2.54. The molecule has 6 nitrogen and oxygen atoms in total. The number of carboxylic acid groups (broad SMARTS) is 1. The number of hydrogen-bond donors (Lipinski definition) is 2. The Morgan fingerprint density at radius 3 is 2.85 bits per heavy atom. The lowest BCUT2D eigenvalue weighted by atomic mass is 9.99. The van der Waals surface area contributed by atoms with Gasteiger partial charge in [-0.2, -0.15) is 0 Å². The van der Waals surface area contributed by atoms with Crippen LogP contribution in [0.25, 0.3) is 5.52 Å². The van der Waals surface area contributed by atoms with E-state index >= 15 is 0 Å². The maximum Gasteiger partial charge on any atom is 0.326 e. The van der Waals surface area contributed by atoms with Gasteiger partial charge < -0.3 is 14.8 Å². The van der Waals surface area contributed by atoms with Crippen LogP contribution in [0.2, 0.25) is 0 Å². The predicted octanol–water partition coefficient (Wildman–Crippen LogP) is 1.56. The maximum atomic E-state index is 12.1. The van der Waals surface area contributed by atoms with Gasteiger partial charge in [0.15, 0.2) is 0 Å². The monoisotopic (exact) mass is 275 g/mol. The summed E-state index contributed by atoms with van der Waals surface area (Å²) < 4.78 is 1.72. The number of aliphatic carboxylic acids is 1. The number of rotatable bonds is 5. The minimum absolute atomic E-state index is 0.131. The molecule has 6 heteroatoms. The van der Waals surface area contributed by atoms with Gasteiger partial charge in [0, 0.05) is 6.20 Å². The third kappa shape index (κ3) is 2.79. The van der Waals surface area contributed by atoms with E-state index in [1.54, 1.807) is 42.2 Å². The van der Waals surface area contributed by atoms with Crippen LogP contribution in [0.1, 0.15) is 30.6 Å². The molecule has 0 fully saturated rings. The Morgan fingerprint density at radius 1 is 1.45 bits per heavy atom. The molecule has 0 bridgehead atoms. The van der Waals surface area contributed by atoms with Crippen molar-refractivity contribution in [2.24, 2.45) is 5.92 Å². The summed E-state index contributed by atoms with van der Waals surface area (Å²) in [6.07, 6.45) is 5.58. The van der Waals surface area contributed by atoms with Crippen molar-refractivity contribution in [3.8, 4) is 0 Å². The van der Waals surface area contributed by atoms with Crippen LogP contribution < -0.4 is 5.32 Å². The van der Waals surface area contributed by atoms with Crippen LogP contribution in [0.5, 0.6) is 0 Å². The number of carbonyl (C=O) groups is 2. The lowest BCUT2D eigenvalue weighted by molar-refractivity contribution is -0.140. The fourth-order valence-electron chi connectivity index (χ4n) is 1.96. The highest BCUT2D eigenvalue weighted by Crippen LogP contribution is 2.10. The summed E-state index contributed by atoms with van der Waals surface area (Å²) in [4.78, 5) is 27.3. The Labute approximate surface area is 116 Å². The first kappa shape index (κ1) is 14.0. The Morgan fingerprint density at radius 2 is 2.20 bits per heavy atom. The van der Waals surface area contributed by atoms with E-state index in [0.29, 0.717) is 12.0 Å². The molecule has 0 unspecified atom stereocenters. The van der Waals surface area contributed by atoms with Crippen molar-refractivity contribution in [3.63, 3.8) is 0 Å². The van der Waals surface area contributed by atoms with Crippen LogP contribution in [0.3, 0.4) is 0 Å². The average molecular weight is 275 g/mol. The van der Waals surface area contributed by atoms with Crippen molar-refractivity contribution in [1.29, 1.82) is 0 Å². The van der Waals surface area contributed by atoms with Gasteiger partial charge in [-0.3, -0.25) is 4.79 Å². The topological polar surface area (TPSA) is 83.7 Å². The molecule has 0 aliphatic carbocycles. The summed E-state index contributed by atoms with van der Waals surface area (Å²) in [5.74, 6) is -1.54. The molecule has 2 N–H and O–H groups in total. The molecule has 0 saturated heterocycles. The number of nitrogens with one attached hydrogen (secondary N) is 1. The molecule has 0 spiro atoms. The van der Waals surface area contributed by atoms with Gasteiger partial charge in [-0.1, -0.05) is 20.3 Å². The van der Waals surface area contributed by atoms with Gasteiger partial charge in [0.2, 0.25) is 0 Å². The van der Waals surface area contributed by atoms with Crippen molar-refractivity contribution < 1.29 is 14.7 Å². The molecule has 20 heavy (non-hydrogen) atoms. The molecular weight excluding hydrogens is 258 g/mol. The summed E-state index contributed by atoms with van der Waals surface area (Å²) in [6.45, 7) is 3.70. The number of carboxylic acids is 1. The first-order chi connectivity index (χ1) is 9.52. The molecule has 0 aliphatic rings. The molecule has 2 atom stereocenters. The van der Waals surface area contributed by atoms with Gasteiger partial charge in [-0.25, -0.2) is 9.78 Å². The Hall–Kier alpha value is -2.37. The molecule has 0 aliphatic heterocycles. The second kappa shape index (κ2) is 5.73. The van der Waals surface area contributed by atoms with Gasteiger partial charge in [0.1, 0.15) is 6.04 Å². The third-order valence-electron chi connectivity index (χ3n) is 3.44. The number of carbonyl (C=O) groups excluding carboxylic acids is 1. The van der Waals surface area contributed by atoms with Crippen molar-refractivity contribution in [2.45, 2.75) is 26.3 Å². The first-order valence-electron chi connectivity index (χ1n) is 6.48. The predicted molar refractivity (Wildman–Crippen MR) is 73.5 cm³/mol. The third-order valence-corrected chi connectivity index (χ3v) is 3.44. The zero-order chi connectivity index (χ0) is 14.7. The lowest BCUT2D eigenvalue weighted by Crippen LogP contribution is -2.45. The quantitative estimate of drug-likeness (QED) is 0.867. The van der Waals surface area contributed by atoms with Crippen LogP contribution in [0, 0.1) is 5.92 Å². The second-order valence-corrected chi connectivity index (χ2v) is 4.82. The molecular formula is C14H17N3O3. The number of imidazole rings is 1. The lowest BCUT2D eigenvalue weighted by Gasteiger charge is -2.20. The van der Waals surface area contributed by atoms with Crippen LogP contribution in [0.4, 0.5) is 0 Å². The van der Waals surface area contributed by atoms with Gasteiger partial charge in [0.05, 0.1) is 23.6 Å². The molecule has 2 heterocycles. The van der Waals surface area contributed by atoms with Gasteiger partial charge in [-0.05, 0) is 18.1 Å². The van der Waals surface area contributed by atoms with Crippen LogP contribution in [0.15, 0.2) is 30.9 Å². The highest BCUT2D eigenvalue weighted by atomic mass is 16.4. The van der Waals surface area contributed by atoms with Gasteiger partial charge >= 0.3 is 5.97 Å². The number of amides is 1. The van der Waals surface area contributed by atoms with Crippen LogP contribution in [-0.2, 0) is 4.79 Å². The van der Waals surface area contributed by atoms with E-state index in [2.05, 4.69) is 10.3 Å². The van der Waals surface area contributed by atoms with E-state index in [-0.39, 0.29) is 5.92 Å². The van der Waals surface area contributed by atoms with Crippen molar-refractivity contribution in [3.05, 3.63) is 36.4 Å². The average Bonchev–Trinajstić information content (AvgIpc) is 2.90. The Kier molecular flexibility index (Phi) is 4.02. The molecule has 0 aromatic carbocycles. The molecule has 0 radical (unpaired) electrons. The molecule has 106 valence electrons. The molecule has 2 aromatic heterocycles. The van der Waals surface area contributed by atoms with E-state index < -0.39 is 17.9 Å². The van der Waals surface area contributed by atoms with Crippen molar-refractivity contribution >= 4 is 17.4 Å². The molecule has 2 aromatic rings. The fraction of sp³-hybridized carbons (Fsp3) is 0.357. The van der Waals surface area contributed by atoms with E-state index in [0.717, 1.165) is 5.52 Å². The SMILES string of the molecule is CC[C@H](C)[C@H](NC(=O)c1ccc2cncn2c1)C(=O)O. The standard InChI is InChI=1S/C14H17N3O3/c1-3-9(2)12(14(19)20)16-13(18)10-4-5-11-6-15-8-17(11)7-10/h4-9,12H,3H2,1-2H3,(H,16,18)(H,19,20)/t9-,12-/m0/s1. The normalized spacial score (nSPS) is 13.9. The summed E-state index contributed by atoms with van der Waals surface area (Å²) in [5, 5.41) is 11.7. The minimum Gasteiger partial charge on any atom is -0.480 e. The smallest absolute Gasteiger partial charge is 0.326 e. The van der Waals surface area contributed by atoms with E-state index in [1.807, 2.05) is 6.92 Å². The van der Waals surface area contributed by atoms with Crippen LogP contribution >= 0.6 is 0 Å². The van der Waals surface area contributed by atoms with E-state index in [4.69, 9.17) is 0 Å². The number of hydrogen-bond acceptors (Lipinski definition) is 3. The zero-order valence-electron chi connectivity index (χ0n) is 11.4. The number of fused-ring (bicyclic) bond motifs is 1.